The van der Waals surface area contributed by atoms with E-state index in [1.807, 2.05) is 24.3 Å². The van der Waals surface area contributed by atoms with Crippen LogP contribution in [-0.2, 0) is 6.18 Å². The molecule has 4 nitrogen and oxygen atoms in total. The summed E-state index contributed by atoms with van der Waals surface area (Å²) < 4.78 is 39.3. The van der Waals surface area contributed by atoms with E-state index in [-0.39, 0.29) is 11.4 Å². The van der Waals surface area contributed by atoms with E-state index < -0.39 is 11.7 Å². The lowest BCUT2D eigenvalue weighted by atomic mass is 10.0. The predicted molar refractivity (Wildman–Crippen MR) is 84.1 cm³/mol. The quantitative estimate of drug-likeness (QED) is 0.758. The van der Waals surface area contributed by atoms with E-state index in [0.29, 0.717) is 11.7 Å². The molecule has 0 bridgehead atoms. The minimum atomic E-state index is -4.48. The van der Waals surface area contributed by atoms with Gasteiger partial charge in [-0.05, 0) is 17.5 Å². The van der Waals surface area contributed by atoms with E-state index in [1.54, 1.807) is 0 Å². The van der Waals surface area contributed by atoms with Crippen LogP contribution in [0.1, 0.15) is 30.9 Å². The molecule has 0 aliphatic heterocycles. The Hall–Kier alpha value is -2.70. The Bertz CT molecular complexity index is 836. The van der Waals surface area contributed by atoms with Gasteiger partial charge in [0.2, 0.25) is 0 Å². The van der Waals surface area contributed by atoms with E-state index in [2.05, 4.69) is 34.0 Å². The molecule has 0 unspecified atom stereocenters. The minimum absolute atomic E-state index is 0.0401. The summed E-state index contributed by atoms with van der Waals surface area (Å²) in [5, 5.41) is 6.60. The Balaban J connectivity index is 1.97. The average molecular weight is 332 g/mol. The number of aromatic nitrogens is 4. The second-order valence-electron chi connectivity index (χ2n) is 5.70. The van der Waals surface area contributed by atoms with Gasteiger partial charge < -0.3 is 0 Å². The number of rotatable bonds is 3. The van der Waals surface area contributed by atoms with Crippen molar-refractivity contribution < 1.29 is 13.2 Å². The molecule has 7 heteroatoms. The van der Waals surface area contributed by atoms with E-state index in [4.69, 9.17) is 0 Å². The van der Waals surface area contributed by atoms with Gasteiger partial charge in [0.15, 0.2) is 11.6 Å². The number of hydrogen-bond acceptors (Lipinski definition) is 3. The fourth-order valence-corrected chi connectivity index (χ4v) is 2.36. The van der Waals surface area contributed by atoms with Crippen molar-refractivity contribution in [2.24, 2.45) is 0 Å². The van der Waals surface area contributed by atoms with E-state index in [0.717, 1.165) is 24.0 Å². The molecule has 0 aliphatic carbocycles. The van der Waals surface area contributed by atoms with Gasteiger partial charge in [0.25, 0.3) is 0 Å². The molecule has 0 radical (unpaired) electrons. The van der Waals surface area contributed by atoms with Gasteiger partial charge in [0.05, 0.1) is 5.56 Å². The number of hydrogen-bond donors (Lipinski definition) is 1. The molecule has 0 amide bonds. The van der Waals surface area contributed by atoms with Crippen molar-refractivity contribution in [1.82, 2.24) is 20.2 Å². The molecule has 0 fully saturated rings. The summed E-state index contributed by atoms with van der Waals surface area (Å²) in [6.45, 7) is 4.17. The first-order valence-electron chi connectivity index (χ1n) is 7.40. The molecule has 2 heterocycles. The van der Waals surface area contributed by atoms with Gasteiger partial charge in [-0.2, -0.15) is 18.3 Å². The predicted octanol–water partition coefficient (Wildman–Crippen LogP) is 4.68. The molecule has 2 aromatic heterocycles. The molecular weight excluding hydrogens is 317 g/mol. The number of H-pyrrole nitrogens is 1. The molecule has 0 aliphatic rings. The second-order valence-corrected chi connectivity index (χ2v) is 5.70. The van der Waals surface area contributed by atoms with E-state index in [9.17, 15) is 13.2 Å². The molecule has 1 aromatic carbocycles. The molecular formula is C17H15F3N4. The van der Waals surface area contributed by atoms with Crippen molar-refractivity contribution in [3.05, 3.63) is 53.9 Å². The highest BCUT2D eigenvalue weighted by atomic mass is 19.4. The number of benzene rings is 1. The molecule has 24 heavy (non-hydrogen) atoms. The Morgan fingerprint density at radius 1 is 1.04 bits per heavy atom. The Kier molecular flexibility index (Phi) is 4.09. The molecule has 1 N–H and O–H groups in total. The summed E-state index contributed by atoms with van der Waals surface area (Å²) in [6.07, 6.45) is -2.24. The van der Waals surface area contributed by atoms with Crippen LogP contribution >= 0.6 is 0 Å². The highest BCUT2D eigenvalue weighted by Gasteiger charge is 2.34. The fourth-order valence-electron chi connectivity index (χ4n) is 2.36. The molecule has 124 valence electrons. The highest BCUT2D eigenvalue weighted by Crippen LogP contribution is 2.35. The lowest BCUT2D eigenvalue weighted by Gasteiger charge is -2.09. The Morgan fingerprint density at radius 2 is 1.75 bits per heavy atom. The first-order chi connectivity index (χ1) is 11.4. The van der Waals surface area contributed by atoms with Crippen LogP contribution in [0.25, 0.3) is 22.8 Å². The molecule has 0 atom stereocenters. The monoisotopic (exact) mass is 332 g/mol. The van der Waals surface area contributed by atoms with Gasteiger partial charge in [-0.1, -0.05) is 38.1 Å². The van der Waals surface area contributed by atoms with Gasteiger partial charge >= 0.3 is 6.18 Å². The first-order valence-corrected chi connectivity index (χ1v) is 7.40. The normalized spacial score (nSPS) is 11.9. The van der Waals surface area contributed by atoms with Crippen molar-refractivity contribution in [1.29, 1.82) is 0 Å². The first kappa shape index (κ1) is 16.2. The Labute approximate surface area is 136 Å². The third kappa shape index (κ3) is 3.15. The smallest absolute Gasteiger partial charge is 0.264 e. The van der Waals surface area contributed by atoms with Crippen LogP contribution in [0.2, 0.25) is 0 Å². The van der Waals surface area contributed by atoms with E-state index in [1.165, 1.54) is 5.56 Å². The maximum Gasteiger partial charge on any atom is 0.417 e. The van der Waals surface area contributed by atoms with Crippen LogP contribution in [0.3, 0.4) is 0 Å². The number of nitrogens with one attached hydrogen (secondary N) is 1. The number of pyridine rings is 1. The van der Waals surface area contributed by atoms with Gasteiger partial charge in [-0.15, -0.1) is 0 Å². The maximum absolute atomic E-state index is 13.1. The average Bonchev–Trinajstić information content (AvgIpc) is 3.04. The highest BCUT2D eigenvalue weighted by molar-refractivity contribution is 5.63. The van der Waals surface area contributed by atoms with Crippen LogP contribution in [0, 0.1) is 0 Å². The lowest BCUT2D eigenvalue weighted by molar-refractivity contribution is -0.137. The van der Waals surface area contributed by atoms with Crippen molar-refractivity contribution in [3.8, 4) is 22.8 Å². The van der Waals surface area contributed by atoms with Crippen LogP contribution in [0.15, 0.2) is 42.7 Å². The van der Waals surface area contributed by atoms with Crippen LogP contribution in [0.5, 0.6) is 0 Å². The van der Waals surface area contributed by atoms with Gasteiger partial charge in [-0.3, -0.25) is 10.1 Å². The van der Waals surface area contributed by atoms with E-state index >= 15 is 0 Å². The standard InChI is InChI=1S/C17H15F3N4/c1-10(2)11-3-5-12(6-4-11)15-22-16(24-23-15)13-9-21-8-7-14(13)17(18,19)20/h3-10H,1-2H3,(H,22,23,24). The summed E-state index contributed by atoms with van der Waals surface area (Å²) in [5.74, 6) is 0.780. The van der Waals surface area contributed by atoms with Gasteiger partial charge in [0.1, 0.15) is 0 Å². The summed E-state index contributed by atoms with van der Waals surface area (Å²) in [6, 6.07) is 8.56. The molecule has 0 spiro atoms. The molecule has 3 rings (SSSR count). The van der Waals surface area contributed by atoms with Crippen molar-refractivity contribution in [2.45, 2.75) is 25.9 Å². The molecule has 0 saturated heterocycles. The lowest BCUT2D eigenvalue weighted by Crippen LogP contribution is -2.07. The zero-order valence-corrected chi connectivity index (χ0v) is 13.1. The van der Waals surface area contributed by atoms with Crippen LogP contribution < -0.4 is 0 Å². The van der Waals surface area contributed by atoms with Crippen molar-refractivity contribution in [2.75, 3.05) is 0 Å². The summed E-state index contributed by atoms with van der Waals surface area (Å²) in [5.41, 5.74) is 0.985. The Morgan fingerprint density at radius 3 is 2.38 bits per heavy atom. The summed E-state index contributed by atoms with van der Waals surface area (Å²) in [4.78, 5) is 7.95. The van der Waals surface area contributed by atoms with Gasteiger partial charge in [-0.25, -0.2) is 4.98 Å². The zero-order valence-electron chi connectivity index (χ0n) is 13.1. The van der Waals surface area contributed by atoms with Gasteiger partial charge in [0, 0.05) is 23.5 Å². The van der Waals surface area contributed by atoms with Crippen LogP contribution in [-0.4, -0.2) is 20.2 Å². The van der Waals surface area contributed by atoms with Crippen LogP contribution in [0.4, 0.5) is 13.2 Å². The fraction of sp³-hybridized carbons (Fsp3) is 0.235. The van der Waals surface area contributed by atoms with Crippen molar-refractivity contribution in [3.63, 3.8) is 0 Å². The zero-order chi connectivity index (χ0) is 17.3. The third-order valence-electron chi connectivity index (χ3n) is 3.70. The third-order valence-corrected chi connectivity index (χ3v) is 3.70. The number of aromatic amines is 1. The molecule has 0 saturated carbocycles. The topological polar surface area (TPSA) is 54.5 Å². The number of alkyl halides is 3. The molecule has 3 aromatic rings. The second kappa shape index (κ2) is 6.07. The maximum atomic E-state index is 13.1. The van der Waals surface area contributed by atoms with Crippen molar-refractivity contribution >= 4 is 0 Å². The largest absolute Gasteiger partial charge is 0.417 e. The minimum Gasteiger partial charge on any atom is -0.264 e. The number of halogens is 3. The summed E-state index contributed by atoms with van der Waals surface area (Å²) in [7, 11) is 0. The SMILES string of the molecule is CC(C)c1ccc(-c2n[nH]c(-c3cnccc3C(F)(F)F)n2)cc1. The number of nitrogens with zero attached hydrogens (tertiary/aromatic N) is 3. The summed E-state index contributed by atoms with van der Waals surface area (Å²) >= 11 is 0.